The van der Waals surface area contributed by atoms with Crippen LogP contribution in [0, 0.1) is 12.7 Å². The number of pyridine rings is 1. The number of carbonyl (C=O) groups excluding carboxylic acids is 1. The molecule has 0 fully saturated rings. The molecule has 1 N–H and O–H groups in total. The van der Waals surface area contributed by atoms with Gasteiger partial charge >= 0.3 is 0 Å². The van der Waals surface area contributed by atoms with Crippen LogP contribution in [0.3, 0.4) is 0 Å². The van der Waals surface area contributed by atoms with E-state index in [9.17, 15) is 9.18 Å². The zero-order chi connectivity index (χ0) is 18.1. The first-order valence-corrected chi connectivity index (χ1v) is 9.10. The predicted octanol–water partition coefficient (Wildman–Crippen LogP) is 3.44. The van der Waals surface area contributed by atoms with Gasteiger partial charge in [0.15, 0.2) is 0 Å². The molecule has 3 heterocycles. The summed E-state index contributed by atoms with van der Waals surface area (Å²) in [6.45, 7) is 2.08. The van der Waals surface area contributed by atoms with Gasteiger partial charge in [0.05, 0.1) is 12.1 Å². The zero-order valence-corrected chi connectivity index (χ0v) is 14.8. The number of carbonyl (C=O) groups is 1. The Labute approximate surface area is 153 Å². The van der Waals surface area contributed by atoms with E-state index in [0.717, 1.165) is 0 Å². The number of aromatic nitrogens is 2. The fraction of sp³-hybridized carbons (Fsp3) is 0.211. The van der Waals surface area contributed by atoms with Gasteiger partial charge in [-0.05, 0) is 36.2 Å². The summed E-state index contributed by atoms with van der Waals surface area (Å²) in [6, 6.07) is 8.56. The molecule has 1 amide bonds. The van der Waals surface area contributed by atoms with Crippen molar-refractivity contribution in [3.8, 4) is 5.75 Å². The monoisotopic (exact) mass is 369 g/mol. The smallest absolute Gasteiger partial charge is 0.271 e. The molecule has 0 unspecified atom stereocenters. The Morgan fingerprint density at radius 1 is 1.35 bits per heavy atom. The fourth-order valence-electron chi connectivity index (χ4n) is 3.18. The van der Waals surface area contributed by atoms with E-state index < -0.39 is 5.54 Å². The van der Waals surface area contributed by atoms with Crippen molar-refractivity contribution >= 4 is 17.2 Å². The second kappa shape index (κ2) is 6.49. The lowest BCUT2D eigenvalue weighted by molar-refractivity contribution is 0.0879. The number of thiazole rings is 1. The number of benzene rings is 1. The number of rotatable bonds is 3. The fourth-order valence-corrected chi connectivity index (χ4v) is 3.71. The molecule has 1 atom stereocenters. The maximum atomic E-state index is 14.3. The lowest BCUT2D eigenvalue weighted by Gasteiger charge is -2.38. The average molecular weight is 369 g/mol. The number of aryl methyl sites for hydroxylation is 1. The van der Waals surface area contributed by atoms with Crippen LogP contribution in [0.5, 0.6) is 5.75 Å². The maximum absolute atomic E-state index is 14.3. The van der Waals surface area contributed by atoms with Gasteiger partial charge in [-0.25, -0.2) is 9.37 Å². The van der Waals surface area contributed by atoms with Crippen LogP contribution in [0.15, 0.2) is 47.4 Å². The van der Waals surface area contributed by atoms with Gasteiger partial charge in [0.25, 0.3) is 5.91 Å². The minimum atomic E-state index is -0.982. The molecule has 7 heteroatoms. The van der Waals surface area contributed by atoms with Gasteiger partial charge < -0.3 is 10.1 Å². The Kier molecular flexibility index (Phi) is 4.16. The Hall–Kier alpha value is -2.80. The number of hydrogen-bond donors (Lipinski definition) is 1. The lowest BCUT2D eigenvalue weighted by Crippen LogP contribution is -2.50. The molecule has 0 aliphatic carbocycles. The molecule has 1 aromatic carbocycles. The molecular weight excluding hydrogens is 353 g/mol. The first-order chi connectivity index (χ1) is 12.6. The Balaban J connectivity index is 1.87. The Morgan fingerprint density at radius 3 is 3.00 bits per heavy atom. The van der Waals surface area contributed by atoms with E-state index in [2.05, 4.69) is 15.3 Å². The zero-order valence-electron chi connectivity index (χ0n) is 14.0. The van der Waals surface area contributed by atoms with Gasteiger partial charge in [0.1, 0.15) is 28.5 Å². The van der Waals surface area contributed by atoms with Crippen LogP contribution in [-0.4, -0.2) is 22.5 Å². The van der Waals surface area contributed by atoms with Crippen molar-refractivity contribution in [2.24, 2.45) is 0 Å². The van der Waals surface area contributed by atoms with Crippen molar-refractivity contribution in [2.75, 3.05) is 6.61 Å². The first kappa shape index (κ1) is 16.7. The summed E-state index contributed by atoms with van der Waals surface area (Å²) in [5, 5.41) is 4.73. The van der Waals surface area contributed by atoms with Crippen LogP contribution in [0.4, 0.5) is 4.39 Å². The Bertz CT molecular complexity index is 961. The highest BCUT2D eigenvalue weighted by Crippen LogP contribution is 2.41. The molecule has 1 aliphatic heterocycles. The van der Waals surface area contributed by atoms with Gasteiger partial charge in [-0.15, -0.1) is 11.3 Å². The van der Waals surface area contributed by atoms with Crippen LogP contribution < -0.4 is 10.1 Å². The maximum Gasteiger partial charge on any atom is 0.271 e. The second-order valence-electron chi connectivity index (χ2n) is 6.15. The molecule has 4 rings (SSSR count). The summed E-state index contributed by atoms with van der Waals surface area (Å²) < 4.78 is 20.0. The van der Waals surface area contributed by atoms with Crippen LogP contribution in [0.1, 0.15) is 33.7 Å². The number of nitrogens with zero attached hydrogens (tertiary/aromatic N) is 2. The van der Waals surface area contributed by atoms with Gasteiger partial charge in [0, 0.05) is 18.0 Å². The number of hydrogen-bond acceptors (Lipinski definition) is 5. The van der Waals surface area contributed by atoms with Crippen LogP contribution in [0.25, 0.3) is 0 Å². The van der Waals surface area contributed by atoms with Gasteiger partial charge in [-0.3, -0.25) is 9.78 Å². The van der Waals surface area contributed by atoms with Gasteiger partial charge in [-0.1, -0.05) is 12.1 Å². The quantitative estimate of drug-likeness (QED) is 0.768. The lowest BCUT2D eigenvalue weighted by atomic mass is 9.81. The number of ether oxygens (including phenoxy) is 1. The average Bonchev–Trinajstić information content (AvgIpc) is 3.19. The van der Waals surface area contributed by atoms with Gasteiger partial charge in [-0.2, -0.15) is 0 Å². The highest BCUT2D eigenvalue weighted by molar-refractivity contribution is 7.07. The number of amides is 1. The minimum absolute atomic E-state index is 0.325. The molecule has 3 aromatic rings. The van der Waals surface area contributed by atoms with Crippen molar-refractivity contribution in [3.63, 3.8) is 0 Å². The summed E-state index contributed by atoms with van der Waals surface area (Å²) in [5.74, 6) is -0.0715. The van der Waals surface area contributed by atoms with Crippen LogP contribution in [0.2, 0.25) is 0 Å². The summed E-state index contributed by atoms with van der Waals surface area (Å²) in [4.78, 5) is 21.3. The van der Waals surface area contributed by atoms with E-state index in [1.807, 2.05) is 6.07 Å². The van der Waals surface area contributed by atoms with E-state index in [1.165, 1.54) is 17.4 Å². The molecule has 5 nitrogen and oxygen atoms in total. The van der Waals surface area contributed by atoms with Crippen molar-refractivity contribution < 1.29 is 13.9 Å². The molecule has 0 radical (unpaired) electrons. The SMILES string of the molecule is Cc1ccc([C@@]2(NC(=O)c3cscn3)CCOc3cccnc32)cc1F. The standard InChI is InChI=1S/C19H16FN3O2S/c1-12-4-5-13(9-14(12)20)19(23-18(24)15-10-26-11-22-15)6-8-25-16-3-2-7-21-17(16)19/h2-5,7,9-11H,6,8H2,1H3,(H,23,24)/t19-/m0/s1. The third kappa shape index (κ3) is 2.74. The first-order valence-electron chi connectivity index (χ1n) is 8.16. The molecule has 2 aromatic heterocycles. The van der Waals surface area contributed by atoms with E-state index in [-0.39, 0.29) is 11.7 Å². The number of halogens is 1. The molecule has 0 spiro atoms. The molecular formula is C19H16FN3O2S. The van der Waals surface area contributed by atoms with E-state index in [4.69, 9.17) is 4.74 Å². The number of nitrogens with one attached hydrogen (secondary N) is 1. The molecule has 0 saturated heterocycles. The molecule has 0 saturated carbocycles. The second-order valence-corrected chi connectivity index (χ2v) is 6.86. The van der Waals surface area contributed by atoms with Crippen LogP contribution >= 0.6 is 11.3 Å². The summed E-state index contributed by atoms with van der Waals surface area (Å²) in [6.07, 6.45) is 2.08. The van der Waals surface area contributed by atoms with Crippen LogP contribution in [-0.2, 0) is 5.54 Å². The van der Waals surface area contributed by atoms with Crippen molar-refractivity contribution in [2.45, 2.75) is 18.9 Å². The largest absolute Gasteiger partial charge is 0.491 e. The molecule has 26 heavy (non-hydrogen) atoms. The minimum Gasteiger partial charge on any atom is -0.491 e. The molecule has 1 aliphatic rings. The van der Waals surface area contributed by atoms with Crippen molar-refractivity contribution in [1.82, 2.24) is 15.3 Å². The third-order valence-corrected chi connectivity index (χ3v) is 5.15. The highest BCUT2D eigenvalue weighted by atomic mass is 32.1. The summed E-state index contributed by atoms with van der Waals surface area (Å²) >= 11 is 1.34. The van der Waals surface area contributed by atoms with E-state index >= 15 is 0 Å². The topological polar surface area (TPSA) is 64.1 Å². The predicted molar refractivity (Wildman–Crippen MR) is 95.8 cm³/mol. The van der Waals surface area contributed by atoms with Crippen molar-refractivity contribution in [3.05, 3.63) is 75.8 Å². The van der Waals surface area contributed by atoms with E-state index in [1.54, 1.807) is 42.2 Å². The molecule has 0 bridgehead atoms. The van der Waals surface area contributed by atoms with E-state index in [0.29, 0.717) is 41.3 Å². The third-order valence-electron chi connectivity index (χ3n) is 4.57. The summed E-state index contributed by atoms with van der Waals surface area (Å²) in [7, 11) is 0. The summed E-state index contributed by atoms with van der Waals surface area (Å²) in [5.41, 5.74) is 2.69. The normalized spacial score (nSPS) is 18.7. The molecule has 132 valence electrons. The Morgan fingerprint density at radius 2 is 2.23 bits per heavy atom. The highest BCUT2D eigenvalue weighted by Gasteiger charge is 2.43. The van der Waals surface area contributed by atoms with Gasteiger partial charge in [0.2, 0.25) is 0 Å². The number of fused-ring (bicyclic) bond motifs is 1. The van der Waals surface area contributed by atoms with Crippen molar-refractivity contribution in [1.29, 1.82) is 0 Å².